The molecule has 0 atom stereocenters. The van der Waals surface area contributed by atoms with Crippen molar-refractivity contribution < 1.29 is 18.3 Å². The molecule has 1 aromatic carbocycles. The van der Waals surface area contributed by atoms with E-state index in [2.05, 4.69) is 25.7 Å². The van der Waals surface area contributed by atoms with Crippen molar-refractivity contribution in [3.63, 3.8) is 0 Å². The lowest BCUT2D eigenvalue weighted by Gasteiger charge is -2.28. The SMILES string of the molecule is COc1cc(C(=O)NC2CCC(F)(F)CC2)ccc1Nc1ncc(Cl)c(-c2ccn(C)n2)n1. The Hall–Kier alpha value is -3.27. The standard InChI is InChI=1S/C22H23ClF2N6O2/c1-31-10-7-17(30-31)19-15(23)12-26-21(29-19)28-16-4-3-13(11-18(16)33-2)20(32)27-14-5-8-22(24,25)9-6-14/h3-4,7,10-12,14H,5-6,8-9H2,1-2H3,(H,27,32)(H,26,28,29). The highest BCUT2D eigenvalue weighted by Gasteiger charge is 2.35. The maximum absolute atomic E-state index is 13.3. The van der Waals surface area contributed by atoms with Crippen LogP contribution in [0.1, 0.15) is 36.0 Å². The van der Waals surface area contributed by atoms with Crippen LogP contribution in [0, 0.1) is 0 Å². The zero-order chi connectivity index (χ0) is 23.6. The fraction of sp³-hybridized carbons (Fsp3) is 0.364. The number of methoxy groups -OCH3 is 1. The summed E-state index contributed by atoms with van der Waals surface area (Å²) in [6, 6.07) is 6.38. The number of carbonyl (C=O) groups is 1. The van der Waals surface area contributed by atoms with E-state index in [9.17, 15) is 13.6 Å². The van der Waals surface area contributed by atoms with E-state index in [0.717, 1.165) is 0 Å². The van der Waals surface area contributed by atoms with Gasteiger partial charge in [0.2, 0.25) is 11.9 Å². The molecule has 174 valence electrons. The molecular formula is C22H23ClF2N6O2. The minimum Gasteiger partial charge on any atom is -0.495 e. The molecule has 1 aliphatic rings. The van der Waals surface area contributed by atoms with Crippen molar-refractivity contribution in [1.29, 1.82) is 0 Å². The number of ether oxygens (including phenoxy) is 1. The Labute approximate surface area is 194 Å². The topological polar surface area (TPSA) is 94.0 Å². The number of carbonyl (C=O) groups excluding carboxylic acids is 1. The molecule has 0 radical (unpaired) electrons. The minimum absolute atomic E-state index is 0.217. The van der Waals surface area contributed by atoms with Gasteiger partial charge in [0.25, 0.3) is 5.91 Å². The molecule has 0 unspecified atom stereocenters. The molecule has 4 rings (SSSR count). The number of rotatable bonds is 6. The first-order valence-corrected chi connectivity index (χ1v) is 10.8. The Morgan fingerprint density at radius 3 is 2.70 bits per heavy atom. The number of alkyl halides is 2. The average Bonchev–Trinajstić information content (AvgIpc) is 3.22. The van der Waals surface area contributed by atoms with Crippen LogP contribution in [-0.2, 0) is 7.05 Å². The number of nitrogens with zero attached hydrogens (tertiary/aromatic N) is 4. The molecule has 0 spiro atoms. The molecule has 1 fully saturated rings. The van der Waals surface area contributed by atoms with E-state index in [0.29, 0.717) is 33.4 Å². The second-order valence-electron chi connectivity index (χ2n) is 7.91. The molecule has 2 heterocycles. The summed E-state index contributed by atoms with van der Waals surface area (Å²) in [6.07, 6.45) is 3.33. The lowest BCUT2D eigenvalue weighted by Crippen LogP contribution is -2.40. The maximum atomic E-state index is 13.3. The number of hydrogen-bond donors (Lipinski definition) is 2. The molecule has 1 aliphatic carbocycles. The number of aryl methyl sites for hydroxylation is 1. The Bertz CT molecular complexity index is 1160. The molecule has 1 amide bonds. The van der Waals surface area contributed by atoms with E-state index in [1.54, 1.807) is 42.2 Å². The highest BCUT2D eigenvalue weighted by molar-refractivity contribution is 6.32. The highest BCUT2D eigenvalue weighted by atomic mass is 35.5. The quantitative estimate of drug-likeness (QED) is 0.540. The minimum atomic E-state index is -2.64. The van der Waals surface area contributed by atoms with Crippen molar-refractivity contribution in [2.24, 2.45) is 7.05 Å². The molecule has 2 N–H and O–H groups in total. The lowest BCUT2D eigenvalue weighted by atomic mass is 9.92. The fourth-order valence-electron chi connectivity index (χ4n) is 3.66. The number of benzene rings is 1. The van der Waals surface area contributed by atoms with E-state index < -0.39 is 5.92 Å². The number of anilines is 2. The smallest absolute Gasteiger partial charge is 0.251 e. The van der Waals surface area contributed by atoms with Gasteiger partial charge in [-0.25, -0.2) is 18.7 Å². The molecule has 11 heteroatoms. The third kappa shape index (κ3) is 5.39. The molecule has 8 nitrogen and oxygen atoms in total. The summed E-state index contributed by atoms with van der Waals surface area (Å²) in [5.74, 6) is -2.30. The van der Waals surface area contributed by atoms with Gasteiger partial charge in [0.1, 0.15) is 17.1 Å². The van der Waals surface area contributed by atoms with Crippen molar-refractivity contribution in [3.05, 3.63) is 47.2 Å². The number of nitrogens with one attached hydrogen (secondary N) is 2. The first-order chi connectivity index (χ1) is 15.7. The van der Waals surface area contributed by atoms with Gasteiger partial charge in [-0.15, -0.1) is 0 Å². The number of hydrogen-bond acceptors (Lipinski definition) is 6. The van der Waals surface area contributed by atoms with Gasteiger partial charge < -0.3 is 15.4 Å². The summed E-state index contributed by atoms with van der Waals surface area (Å²) in [5.41, 5.74) is 1.98. The summed E-state index contributed by atoms with van der Waals surface area (Å²) in [4.78, 5) is 21.3. The number of amides is 1. The predicted octanol–water partition coefficient (Wildman–Crippen LogP) is 4.59. The first kappa shape index (κ1) is 22.9. The van der Waals surface area contributed by atoms with Crippen LogP contribution in [0.3, 0.4) is 0 Å². The maximum Gasteiger partial charge on any atom is 0.251 e. The molecule has 33 heavy (non-hydrogen) atoms. The summed E-state index contributed by atoms with van der Waals surface area (Å²) in [7, 11) is 3.28. The van der Waals surface area contributed by atoms with Gasteiger partial charge in [-0.3, -0.25) is 9.48 Å². The second kappa shape index (κ2) is 9.30. The molecule has 0 aliphatic heterocycles. The van der Waals surface area contributed by atoms with Gasteiger partial charge in [-0.2, -0.15) is 5.10 Å². The summed E-state index contributed by atoms with van der Waals surface area (Å²) >= 11 is 6.24. The van der Waals surface area contributed by atoms with Crippen LogP contribution in [0.25, 0.3) is 11.4 Å². The Morgan fingerprint density at radius 1 is 1.27 bits per heavy atom. The van der Waals surface area contributed by atoms with Gasteiger partial charge >= 0.3 is 0 Å². The molecule has 0 bridgehead atoms. The Balaban J connectivity index is 1.49. The van der Waals surface area contributed by atoms with Crippen LogP contribution in [-0.4, -0.2) is 44.7 Å². The molecular weight excluding hydrogens is 454 g/mol. The summed E-state index contributed by atoms with van der Waals surface area (Å²) in [5, 5.41) is 10.6. The van der Waals surface area contributed by atoms with E-state index in [1.807, 2.05) is 0 Å². The van der Waals surface area contributed by atoms with Gasteiger partial charge in [0, 0.05) is 37.7 Å². The zero-order valence-corrected chi connectivity index (χ0v) is 18.9. The summed E-state index contributed by atoms with van der Waals surface area (Å²) in [6.45, 7) is 0. The fourth-order valence-corrected chi connectivity index (χ4v) is 3.85. The Morgan fingerprint density at radius 2 is 2.03 bits per heavy atom. The van der Waals surface area contributed by atoms with Crippen LogP contribution in [0.5, 0.6) is 5.75 Å². The van der Waals surface area contributed by atoms with Crippen molar-refractivity contribution in [2.45, 2.75) is 37.6 Å². The van der Waals surface area contributed by atoms with Crippen molar-refractivity contribution in [1.82, 2.24) is 25.1 Å². The van der Waals surface area contributed by atoms with E-state index >= 15 is 0 Å². The monoisotopic (exact) mass is 476 g/mol. The van der Waals surface area contributed by atoms with Crippen LogP contribution < -0.4 is 15.4 Å². The first-order valence-electron chi connectivity index (χ1n) is 10.4. The van der Waals surface area contributed by atoms with Crippen LogP contribution in [0.4, 0.5) is 20.4 Å². The van der Waals surface area contributed by atoms with Crippen LogP contribution >= 0.6 is 11.6 Å². The largest absolute Gasteiger partial charge is 0.495 e. The molecule has 0 saturated heterocycles. The second-order valence-corrected chi connectivity index (χ2v) is 8.32. The van der Waals surface area contributed by atoms with Crippen LogP contribution in [0.15, 0.2) is 36.7 Å². The van der Waals surface area contributed by atoms with Gasteiger partial charge in [0.05, 0.1) is 24.0 Å². The third-order valence-corrected chi connectivity index (χ3v) is 5.74. The Kier molecular flexibility index (Phi) is 6.46. The predicted molar refractivity (Wildman–Crippen MR) is 120 cm³/mol. The van der Waals surface area contributed by atoms with E-state index in [-0.39, 0.29) is 43.6 Å². The van der Waals surface area contributed by atoms with Gasteiger partial charge in [-0.1, -0.05) is 11.6 Å². The van der Waals surface area contributed by atoms with Crippen molar-refractivity contribution in [3.8, 4) is 17.1 Å². The molecule has 1 saturated carbocycles. The number of aromatic nitrogens is 4. The van der Waals surface area contributed by atoms with Crippen LogP contribution in [0.2, 0.25) is 5.02 Å². The van der Waals surface area contributed by atoms with E-state index in [1.165, 1.54) is 13.3 Å². The van der Waals surface area contributed by atoms with E-state index in [4.69, 9.17) is 16.3 Å². The zero-order valence-electron chi connectivity index (χ0n) is 18.1. The normalized spacial score (nSPS) is 15.8. The average molecular weight is 477 g/mol. The molecule has 2 aromatic heterocycles. The molecule has 3 aromatic rings. The van der Waals surface area contributed by atoms with Crippen molar-refractivity contribution in [2.75, 3.05) is 12.4 Å². The highest BCUT2D eigenvalue weighted by Crippen LogP contribution is 2.34. The summed E-state index contributed by atoms with van der Waals surface area (Å²) < 4.78 is 33.8. The van der Waals surface area contributed by atoms with Gasteiger partial charge in [-0.05, 0) is 37.1 Å². The number of halogens is 3. The lowest BCUT2D eigenvalue weighted by molar-refractivity contribution is -0.0399. The van der Waals surface area contributed by atoms with Gasteiger partial charge in [0.15, 0.2) is 0 Å². The third-order valence-electron chi connectivity index (χ3n) is 5.46. The van der Waals surface area contributed by atoms with Crippen molar-refractivity contribution >= 4 is 29.1 Å².